The summed E-state index contributed by atoms with van der Waals surface area (Å²) >= 11 is 0. The summed E-state index contributed by atoms with van der Waals surface area (Å²) in [5, 5.41) is 23.4. The second-order valence-electron chi connectivity index (χ2n) is 12.5. The number of aliphatic hydroxyl groups excluding tert-OH is 1. The molecule has 5 aromatic carbocycles. The van der Waals surface area contributed by atoms with Crippen LogP contribution in [0.1, 0.15) is 53.3 Å². The van der Waals surface area contributed by atoms with E-state index in [1.165, 1.54) is 6.07 Å². The Balaban J connectivity index is 1.33. The standard InChI is InChI=1S/C43H39N5O2/c1-2-3-21-38-28-33(31-49)29-41(50)47(38)30-32-24-26-34(27-25-32)39-22-13-14-23-40(39)42-44-45-46-48(42)43(35-15-7-4-8-16-35,36-17-9-5-10-18-36)37-19-11-6-12-20-37/h4-20,22-29,49H,2-3,21,30-31H2,1H3. The summed E-state index contributed by atoms with van der Waals surface area (Å²) in [6.07, 6.45) is 2.79. The summed E-state index contributed by atoms with van der Waals surface area (Å²) < 4.78 is 3.78. The minimum atomic E-state index is -0.867. The van der Waals surface area contributed by atoms with E-state index in [9.17, 15) is 9.90 Å². The lowest BCUT2D eigenvalue weighted by Gasteiger charge is -2.36. The third-order valence-corrected chi connectivity index (χ3v) is 9.38. The molecule has 2 heterocycles. The number of aliphatic hydroxyl groups is 1. The van der Waals surface area contributed by atoms with Gasteiger partial charge < -0.3 is 9.67 Å². The molecule has 2 aromatic heterocycles. The first-order valence-electron chi connectivity index (χ1n) is 17.1. The fraction of sp³-hybridized carbons (Fsp3) is 0.163. The van der Waals surface area contributed by atoms with E-state index in [0.29, 0.717) is 17.9 Å². The van der Waals surface area contributed by atoms with Crippen LogP contribution in [0.5, 0.6) is 0 Å². The highest BCUT2D eigenvalue weighted by atomic mass is 16.3. The minimum Gasteiger partial charge on any atom is -0.392 e. The van der Waals surface area contributed by atoms with Gasteiger partial charge in [0.25, 0.3) is 5.56 Å². The van der Waals surface area contributed by atoms with E-state index in [-0.39, 0.29) is 12.2 Å². The average molecular weight is 658 g/mol. The van der Waals surface area contributed by atoms with Crippen molar-refractivity contribution in [3.05, 3.63) is 196 Å². The largest absolute Gasteiger partial charge is 0.392 e. The quantitative estimate of drug-likeness (QED) is 0.135. The monoisotopic (exact) mass is 657 g/mol. The molecule has 0 amide bonds. The van der Waals surface area contributed by atoms with Crippen molar-refractivity contribution >= 4 is 0 Å². The predicted molar refractivity (Wildman–Crippen MR) is 198 cm³/mol. The van der Waals surface area contributed by atoms with Gasteiger partial charge in [-0.1, -0.05) is 153 Å². The Morgan fingerprint density at radius 2 is 1.22 bits per heavy atom. The van der Waals surface area contributed by atoms with Crippen LogP contribution in [0, 0.1) is 0 Å². The molecule has 7 heteroatoms. The molecule has 0 aliphatic carbocycles. The van der Waals surface area contributed by atoms with Gasteiger partial charge in [-0.25, -0.2) is 4.68 Å². The third kappa shape index (κ3) is 6.19. The maximum Gasteiger partial charge on any atom is 0.251 e. The minimum absolute atomic E-state index is 0.0948. The number of hydrogen-bond donors (Lipinski definition) is 1. The van der Waals surface area contributed by atoms with Gasteiger partial charge in [0.1, 0.15) is 5.54 Å². The van der Waals surface area contributed by atoms with Crippen LogP contribution in [0.15, 0.2) is 156 Å². The van der Waals surface area contributed by atoms with Gasteiger partial charge in [0.05, 0.1) is 13.2 Å². The summed E-state index contributed by atoms with van der Waals surface area (Å²) in [5.74, 6) is 0.636. The Kier molecular flexibility index (Phi) is 9.58. The van der Waals surface area contributed by atoms with E-state index in [1.807, 2.05) is 45.6 Å². The maximum atomic E-state index is 13.1. The van der Waals surface area contributed by atoms with Crippen LogP contribution in [0.4, 0.5) is 0 Å². The Bertz CT molecular complexity index is 2130. The van der Waals surface area contributed by atoms with Gasteiger partial charge >= 0.3 is 0 Å². The highest BCUT2D eigenvalue weighted by Crippen LogP contribution is 2.43. The van der Waals surface area contributed by atoms with E-state index >= 15 is 0 Å². The van der Waals surface area contributed by atoms with Gasteiger partial charge in [0, 0.05) is 17.3 Å². The lowest BCUT2D eigenvalue weighted by molar-refractivity contribution is 0.281. The van der Waals surface area contributed by atoms with Crippen molar-refractivity contribution in [2.75, 3.05) is 0 Å². The molecule has 248 valence electrons. The van der Waals surface area contributed by atoms with E-state index in [1.54, 1.807) is 0 Å². The topological polar surface area (TPSA) is 85.8 Å². The van der Waals surface area contributed by atoms with Gasteiger partial charge in [-0.15, -0.1) is 5.10 Å². The molecule has 0 saturated carbocycles. The Hall–Kier alpha value is -5.92. The first-order valence-corrected chi connectivity index (χ1v) is 17.1. The van der Waals surface area contributed by atoms with Crippen molar-refractivity contribution in [1.82, 2.24) is 24.8 Å². The highest BCUT2D eigenvalue weighted by molar-refractivity contribution is 5.81. The molecule has 0 aliphatic rings. The molecule has 0 fully saturated rings. The van der Waals surface area contributed by atoms with E-state index in [4.69, 9.17) is 10.3 Å². The highest BCUT2D eigenvalue weighted by Gasteiger charge is 2.42. The molecule has 0 spiro atoms. The van der Waals surface area contributed by atoms with Crippen molar-refractivity contribution in [2.24, 2.45) is 0 Å². The third-order valence-electron chi connectivity index (χ3n) is 9.38. The Labute approximate surface area is 292 Å². The number of hydrogen-bond acceptors (Lipinski definition) is 5. The van der Waals surface area contributed by atoms with E-state index < -0.39 is 5.54 Å². The molecule has 0 bridgehead atoms. The van der Waals surface area contributed by atoms with Crippen LogP contribution in [0.3, 0.4) is 0 Å². The van der Waals surface area contributed by atoms with Crippen molar-refractivity contribution in [2.45, 2.75) is 44.9 Å². The van der Waals surface area contributed by atoms with Crippen LogP contribution in [-0.2, 0) is 25.1 Å². The molecular weight excluding hydrogens is 619 g/mol. The van der Waals surface area contributed by atoms with E-state index in [2.05, 4.69) is 121 Å². The molecule has 7 aromatic rings. The van der Waals surface area contributed by atoms with Crippen LogP contribution < -0.4 is 5.56 Å². The van der Waals surface area contributed by atoms with Crippen LogP contribution >= 0.6 is 0 Å². The molecule has 0 aliphatic heterocycles. The normalized spacial score (nSPS) is 11.5. The zero-order valence-corrected chi connectivity index (χ0v) is 28.1. The lowest BCUT2D eigenvalue weighted by atomic mass is 9.77. The van der Waals surface area contributed by atoms with Crippen molar-refractivity contribution in [1.29, 1.82) is 0 Å². The van der Waals surface area contributed by atoms with E-state index in [0.717, 1.165) is 63.9 Å². The zero-order valence-electron chi connectivity index (χ0n) is 28.1. The zero-order chi connectivity index (χ0) is 34.3. The van der Waals surface area contributed by atoms with Crippen molar-refractivity contribution in [3.8, 4) is 22.5 Å². The molecule has 7 rings (SSSR count). The van der Waals surface area contributed by atoms with Crippen LogP contribution in [-0.4, -0.2) is 29.9 Å². The fourth-order valence-corrected chi connectivity index (χ4v) is 6.94. The van der Waals surface area contributed by atoms with Crippen molar-refractivity contribution in [3.63, 3.8) is 0 Å². The summed E-state index contributed by atoms with van der Waals surface area (Å²) in [5.41, 5.74) is 7.67. The van der Waals surface area contributed by atoms with Gasteiger partial charge in [0.15, 0.2) is 5.82 Å². The molecule has 0 radical (unpaired) electrons. The molecule has 50 heavy (non-hydrogen) atoms. The van der Waals surface area contributed by atoms with Crippen molar-refractivity contribution < 1.29 is 5.11 Å². The second-order valence-corrected chi connectivity index (χ2v) is 12.5. The summed E-state index contributed by atoms with van der Waals surface area (Å²) in [6.45, 7) is 2.45. The lowest BCUT2D eigenvalue weighted by Crippen LogP contribution is -2.39. The number of tetrazole rings is 1. The Morgan fingerprint density at radius 3 is 1.78 bits per heavy atom. The number of rotatable bonds is 12. The molecule has 0 atom stereocenters. The first kappa shape index (κ1) is 32.6. The number of benzene rings is 5. The fourth-order valence-electron chi connectivity index (χ4n) is 6.94. The molecule has 0 saturated heterocycles. The summed E-state index contributed by atoms with van der Waals surface area (Å²) in [4.78, 5) is 13.1. The van der Waals surface area contributed by atoms with Gasteiger partial charge in [-0.05, 0) is 68.3 Å². The smallest absolute Gasteiger partial charge is 0.251 e. The number of unbranched alkanes of at least 4 members (excludes halogenated alkanes) is 1. The molecule has 1 N–H and O–H groups in total. The SMILES string of the molecule is CCCCc1cc(CO)cc(=O)n1Cc1ccc(-c2ccccc2-c2nnnn2C(c2ccccc2)(c2ccccc2)c2ccccc2)cc1. The molecular formula is C43H39N5O2. The number of aromatic nitrogens is 5. The maximum absolute atomic E-state index is 13.1. The number of aryl methyl sites for hydroxylation is 1. The second kappa shape index (κ2) is 14.7. The van der Waals surface area contributed by atoms with Gasteiger partial charge in [0.2, 0.25) is 0 Å². The van der Waals surface area contributed by atoms with Gasteiger partial charge in [-0.3, -0.25) is 4.79 Å². The average Bonchev–Trinajstić information content (AvgIpc) is 3.67. The van der Waals surface area contributed by atoms with Crippen LogP contribution in [0.25, 0.3) is 22.5 Å². The molecule has 0 unspecified atom stereocenters. The van der Waals surface area contributed by atoms with Crippen LogP contribution in [0.2, 0.25) is 0 Å². The predicted octanol–water partition coefficient (Wildman–Crippen LogP) is 7.89. The summed E-state index contributed by atoms with van der Waals surface area (Å²) in [7, 11) is 0. The number of pyridine rings is 1. The molecule has 7 nitrogen and oxygen atoms in total. The summed E-state index contributed by atoms with van der Waals surface area (Å²) in [6, 6.07) is 51.2. The number of nitrogens with zero attached hydrogens (tertiary/aromatic N) is 5. The van der Waals surface area contributed by atoms with Gasteiger partial charge in [-0.2, -0.15) is 0 Å². The Morgan fingerprint density at radius 1 is 0.660 bits per heavy atom. The first-order chi connectivity index (χ1) is 24.6.